The van der Waals surface area contributed by atoms with Crippen LogP contribution in [0.4, 0.5) is 0 Å². The summed E-state index contributed by atoms with van der Waals surface area (Å²) >= 11 is 0. The van der Waals surface area contributed by atoms with Gasteiger partial charge in [-0.25, -0.2) is 8.42 Å². The van der Waals surface area contributed by atoms with Crippen molar-refractivity contribution in [3.63, 3.8) is 0 Å². The molecule has 1 saturated heterocycles. The molecule has 0 unspecified atom stereocenters. The SMILES string of the molecule is CCOc1ccccc1S(=O)(=O)N1CC(c2nc(Cc3ccccc3OC)no2)C1. The third kappa shape index (κ3) is 3.90. The quantitative estimate of drug-likeness (QED) is 0.543. The van der Waals surface area contributed by atoms with Crippen LogP contribution in [-0.4, -0.2) is 49.7 Å². The molecule has 158 valence electrons. The molecule has 0 N–H and O–H groups in total. The topological polar surface area (TPSA) is 94.8 Å². The van der Waals surface area contributed by atoms with E-state index in [0.717, 1.165) is 11.3 Å². The average molecular weight is 429 g/mol. The van der Waals surface area contributed by atoms with Gasteiger partial charge in [-0.3, -0.25) is 0 Å². The smallest absolute Gasteiger partial charge is 0.246 e. The number of methoxy groups -OCH3 is 1. The lowest BCUT2D eigenvalue weighted by Crippen LogP contribution is -2.48. The fraction of sp³-hybridized carbons (Fsp3) is 0.333. The highest BCUT2D eigenvalue weighted by Gasteiger charge is 2.41. The summed E-state index contributed by atoms with van der Waals surface area (Å²) in [5.41, 5.74) is 0.956. The fourth-order valence-corrected chi connectivity index (χ4v) is 5.05. The van der Waals surface area contributed by atoms with Gasteiger partial charge < -0.3 is 14.0 Å². The number of para-hydroxylation sites is 2. The Bertz CT molecular complexity index is 1120. The Kier molecular flexibility index (Phi) is 5.74. The molecule has 1 aliphatic heterocycles. The summed E-state index contributed by atoms with van der Waals surface area (Å²) in [5, 5.41) is 4.04. The van der Waals surface area contributed by atoms with E-state index in [9.17, 15) is 8.42 Å². The van der Waals surface area contributed by atoms with Gasteiger partial charge in [0.2, 0.25) is 15.9 Å². The van der Waals surface area contributed by atoms with Crippen molar-refractivity contribution in [2.75, 3.05) is 26.8 Å². The Balaban J connectivity index is 1.44. The summed E-state index contributed by atoms with van der Waals surface area (Å²) in [7, 11) is -2.03. The monoisotopic (exact) mass is 429 g/mol. The molecule has 1 fully saturated rings. The standard InChI is InChI=1S/C21H23N3O5S/c1-3-28-18-10-6-7-11-19(18)30(25,26)24-13-16(14-24)21-22-20(23-29-21)12-15-8-4-5-9-17(15)27-2/h4-11,16H,3,12-14H2,1-2H3. The second-order valence-corrected chi connectivity index (χ2v) is 8.84. The molecule has 8 nitrogen and oxygen atoms in total. The van der Waals surface area contributed by atoms with E-state index >= 15 is 0 Å². The second-order valence-electron chi connectivity index (χ2n) is 6.94. The van der Waals surface area contributed by atoms with Crippen molar-refractivity contribution in [2.24, 2.45) is 0 Å². The van der Waals surface area contributed by atoms with Crippen molar-refractivity contribution in [3.05, 3.63) is 65.8 Å². The van der Waals surface area contributed by atoms with E-state index in [2.05, 4.69) is 10.1 Å². The van der Waals surface area contributed by atoms with Gasteiger partial charge in [0, 0.05) is 25.1 Å². The van der Waals surface area contributed by atoms with Crippen LogP contribution in [0.3, 0.4) is 0 Å². The zero-order valence-corrected chi connectivity index (χ0v) is 17.6. The number of sulfonamides is 1. The molecule has 2 heterocycles. The van der Waals surface area contributed by atoms with Gasteiger partial charge in [0.15, 0.2) is 5.82 Å². The Labute approximate surface area is 175 Å². The predicted molar refractivity (Wildman–Crippen MR) is 109 cm³/mol. The number of ether oxygens (including phenoxy) is 2. The number of nitrogens with zero attached hydrogens (tertiary/aromatic N) is 3. The highest BCUT2D eigenvalue weighted by Crippen LogP contribution is 2.34. The van der Waals surface area contributed by atoms with Crippen molar-refractivity contribution in [1.29, 1.82) is 0 Å². The van der Waals surface area contributed by atoms with Gasteiger partial charge in [-0.05, 0) is 25.1 Å². The molecule has 0 saturated carbocycles. The molecular formula is C21H23N3O5S. The Hall–Kier alpha value is -2.91. The third-order valence-electron chi connectivity index (χ3n) is 4.99. The lowest BCUT2D eigenvalue weighted by molar-refractivity contribution is 0.215. The number of hydrogen-bond acceptors (Lipinski definition) is 7. The minimum Gasteiger partial charge on any atom is -0.496 e. The zero-order valence-electron chi connectivity index (χ0n) is 16.8. The van der Waals surface area contributed by atoms with E-state index in [1.54, 1.807) is 31.4 Å². The summed E-state index contributed by atoms with van der Waals surface area (Å²) in [5.74, 6) is 1.98. The summed E-state index contributed by atoms with van der Waals surface area (Å²) in [4.78, 5) is 4.63. The highest BCUT2D eigenvalue weighted by molar-refractivity contribution is 7.89. The summed E-state index contributed by atoms with van der Waals surface area (Å²) in [6, 6.07) is 14.3. The first kappa shape index (κ1) is 20.4. The first-order valence-corrected chi connectivity index (χ1v) is 11.1. The van der Waals surface area contributed by atoms with Crippen molar-refractivity contribution >= 4 is 10.0 Å². The number of benzene rings is 2. The third-order valence-corrected chi connectivity index (χ3v) is 6.86. The van der Waals surface area contributed by atoms with E-state index in [-0.39, 0.29) is 10.8 Å². The second kappa shape index (κ2) is 8.45. The van der Waals surface area contributed by atoms with Crippen molar-refractivity contribution < 1.29 is 22.4 Å². The summed E-state index contributed by atoms with van der Waals surface area (Å²) in [6.45, 7) is 2.80. The van der Waals surface area contributed by atoms with E-state index in [4.69, 9.17) is 14.0 Å². The minimum atomic E-state index is -3.64. The van der Waals surface area contributed by atoms with Crippen LogP contribution in [0.15, 0.2) is 57.9 Å². The molecule has 30 heavy (non-hydrogen) atoms. The van der Waals surface area contributed by atoms with Crippen LogP contribution in [0.5, 0.6) is 11.5 Å². The molecular weight excluding hydrogens is 406 g/mol. The number of hydrogen-bond donors (Lipinski definition) is 0. The summed E-state index contributed by atoms with van der Waals surface area (Å²) in [6.07, 6.45) is 0.476. The van der Waals surface area contributed by atoms with Crippen molar-refractivity contribution in [3.8, 4) is 11.5 Å². The Morgan fingerprint density at radius 3 is 2.53 bits per heavy atom. The van der Waals surface area contributed by atoms with E-state index in [1.165, 1.54) is 4.31 Å². The van der Waals surface area contributed by atoms with Crippen molar-refractivity contribution in [2.45, 2.75) is 24.2 Å². The van der Waals surface area contributed by atoms with Gasteiger partial charge in [-0.15, -0.1) is 0 Å². The van der Waals surface area contributed by atoms with Gasteiger partial charge in [-0.1, -0.05) is 35.5 Å². The molecule has 9 heteroatoms. The first-order chi connectivity index (χ1) is 14.5. The lowest BCUT2D eigenvalue weighted by atomic mass is 10.0. The molecule has 0 atom stereocenters. The Morgan fingerprint density at radius 2 is 1.80 bits per heavy atom. The summed E-state index contributed by atoms with van der Waals surface area (Å²) < 4.78 is 43.6. The molecule has 2 aromatic carbocycles. The maximum atomic E-state index is 13.0. The van der Waals surface area contributed by atoms with Gasteiger partial charge in [0.05, 0.1) is 19.6 Å². The fourth-order valence-electron chi connectivity index (χ4n) is 3.39. The number of aromatic nitrogens is 2. The normalized spacial score (nSPS) is 15.0. The van der Waals surface area contributed by atoms with Gasteiger partial charge >= 0.3 is 0 Å². The van der Waals surface area contributed by atoms with Crippen LogP contribution in [0.2, 0.25) is 0 Å². The largest absolute Gasteiger partial charge is 0.496 e. The maximum absolute atomic E-state index is 13.0. The van der Waals surface area contributed by atoms with Crippen molar-refractivity contribution in [1.82, 2.24) is 14.4 Å². The van der Waals surface area contributed by atoms with Gasteiger partial charge in [-0.2, -0.15) is 9.29 Å². The molecule has 3 aromatic rings. The lowest BCUT2D eigenvalue weighted by Gasteiger charge is -2.36. The van der Waals surface area contributed by atoms with E-state index in [0.29, 0.717) is 43.6 Å². The molecule has 0 spiro atoms. The van der Waals surface area contributed by atoms with E-state index < -0.39 is 10.0 Å². The van der Waals surface area contributed by atoms with Gasteiger partial charge in [0.1, 0.15) is 16.4 Å². The number of rotatable bonds is 8. The predicted octanol–water partition coefficient (Wildman–Crippen LogP) is 2.86. The zero-order chi connectivity index (χ0) is 21.1. The van der Waals surface area contributed by atoms with Crippen LogP contribution in [0.1, 0.15) is 30.1 Å². The van der Waals surface area contributed by atoms with Crippen LogP contribution in [0.25, 0.3) is 0 Å². The molecule has 0 amide bonds. The van der Waals surface area contributed by atoms with Crippen LogP contribution in [-0.2, 0) is 16.4 Å². The first-order valence-electron chi connectivity index (χ1n) is 9.69. The molecule has 4 rings (SSSR count). The van der Waals surface area contributed by atoms with Crippen LogP contribution >= 0.6 is 0 Å². The minimum absolute atomic E-state index is 0.127. The average Bonchev–Trinajstić information content (AvgIpc) is 3.15. The van der Waals surface area contributed by atoms with Crippen LogP contribution in [0, 0.1) is 0 Å². The maximum Gasteiger partial charge on any atom is 0.246 e. The molecule has 0 bridgehead atoms. The highest BCUT2D eigenvalue weighted by atomic mass is 32.2. The molecule has 1 aromatic heterocycles. The Morgan fingerprint density at radius 1 is 1.10 bits per heavy atom. The molecule has 0 radical (unpaired) electrons. The van der Waals surface area contributed by atoms with E-state index in [1.807, 2.05) is 31.2 Å². The van der Waals surface area contributed by atoms with Gasteiger partial charge in [0.25, 0.3) is 0 Å². The molecule has 1 aliphatic rings. The van der Waals surface area contributed by atoms with Crippen LogP contribution < -0.4 is 9.47 Å². The molecule has 0 aliphatic carbocycles.